The highest BCUT2D eigenvalue weighted by Crippen LogP contribution is 2.21. The van der Waals surface area contributed by atoms with Gasteiger partial charge in [-0.1, -0.05) is 43.7 Å². The van der Waals surface area contributed by atoms with Crippen LogP contribution in [-0.2, 0) is 4.79 Å². The van der Waals surface area contributed by atoms with Gasteiger partial charge in [-0.15, -0.1) is 0 Å². The van der Waals surface area contributed by atoms with Crippen molar-refractivity contribution in [3.05, 3.63) is 35.4 Å². The second-order valence-electron chi connectivity index (χ2n) is 6.10. The summed E-state index contributed by atoms with van der Waals surface area (Å²) in [6.07, 6.45) is 1.61. The van der Waals surface area contributed by atoms with Crippen molar-refractivity contribution in [1.82, 2.24) is 5.32 Å². The number of aliphatic hydroxyl groups is 1. The van der Waals surface area contributed by atoms with E-state index in [-0.39, 0.29) is 17.9 Å². The second-order valence-corrected chi connectivity index (χ2v) is 6.10. The normalized spacial score (nSPS) is 13.1. The monoisotopic (exact) mass is 278 g/mol. The summed E-state index contributed by atoms with van der Waals surface area (Å²) in [7, 11) is 0. The van der Waals surface area contributed by atoms with E-state index in [1.807, 2.05) is 31.2 Å². The van der Waals surface area contributed by atoms with E-state index in [1.54, 1.807) is 0 Å². The van der Waals surface area contributed by atoms with Gasteiger partial charge in [-0.25, -0.2) is 0 Å². The van der Waals surface area contributed by atoms with Gasteiger partial charge in [0.1, 0.15) is 6.04 Å². The Hall–Kier alpha value is -1.39. The first-order valence-corrected chi connectivity index (χ1v) is 7.06. The summed E-state index contributed by atoms with van der Waals surface area (Å²) in [4.78, 5) is 12.1. The lowest BCUT2D eigenvalue weighted by molar-refractivity contribution is -0.122. The van der Waals surface area contributed by atoms with Crippen LogP contribution >= 0.6 is 0 Å². The van der Waals surface area contributed by atoms with Gasteiger partial charge in [0.2, 0.25) is 5.91 Å². The van der Waals surface area contributed by atoms with Crippen molar-refractivity contribution in [3.63, 3.8) is 0 Å². The van der Waals surface area contributed by atoms with Gasteiger partial charge in [0, 0.05) is 13.2 Å². The molecule has 0 fully saturated rings. The minimum Gasteiger partial charge on any atom is -0.396 e. The highest BCUT2D eigenvalue weighted by atomic mass is 16.2. The fraction of sp³-hybridized carbons (Fsp3) is 0.562. The van der Waals surface area contributed by atoms with E-state index in [2.05, 4.69) is 19.2 Å². The molecule has 0 saturated carbocycles. The molecule has 0 aliphatic carbocycles. The molecule has 0 aliphatic rings. The minimum atomic E-state index is -0.635. The molecule has 0 spiro atoms. The molecule has 1 atom stereocenters. The zero-order valence-electron chi connectivity index (χ0n) is 12.6. The van der Waals surface area contributed by atoms with Crippen LogP contribution in [-0.4, -0.2) is 24.2 Å². The van der Waals surface area contributed by atoms with Crippen LogP contribution in [0.15, 0.2) is 24.3 Å². The predicted octanol–water partition coefficient (Wildman–Crippen LogP) is 1.91. The highest BCUT2D eigenvalue weighted by molar-refractivity contribution is 5.82. The average Bonchev–Trinajstić information content (AvgIpc) is 2.43. The van der Waals surface area contributed by atoms with E-state index in [0.29, 0.717) is 6.54 Å². The Morgan fingerprint density at radius 2 is 1.95 bits per heavy atom. The number of hydrogen-bond acceptors (Lipinski definition) is 3. The van der Waals surface area contributed by atoms with Crippen molar-refractivity contribution in [1.29, 1.82) is 0 Å². The average molecular weight is 278 g/mol. The SMILES string of the molecule is Cc1ccc(C(N)C(=O)NCC(C)(C)CCCO)cc1. The molecule has 0 radical (unpaired) electrons. The summed E-state index contributed by atoms with van der Waals surface area (Å²) >= 11 is 0. The lowest BCUT2D eigenvalue weighted by Gasteiger charge is -2.25. The van der Waals surface area contributed by atoms with E-state index in [1.165, 1.54) is 0 Å². The van der Waals surface area contributed by atoms with E-state index >= 15 is 0 Å². The van der Waals surface area contributed by atoms with Crippen LogP contribution in [0, 0.1) is 12.3 Å². The van der Waals surface area contributed by atoms with Crippen molar-refractivity contribution in [2.24, 2.45) is 11.1 Å². The number of carbonyl (C=O) groups excluding carboxylic acids is 1. The van der Waals surface area contributed by atoms with Crippen LogP contribution in [0.5, 0.6) is 0 Å². The molecular formula is C16H26N2O2. The molecule has 1 rings (SSSR count). The molecule has 1 aromatic rings. The number of aryl methyl sites for hydroxylation is 1. The van der Waals surface area contributed by atoms with Crippen molar-refractivity contribution in [2.45, 2.75) is 39.7 Å². The molecular weight excluding hydrogens is 252 g/mol. The number of benzene rings is 1. The number of carbonyl (C=O) groups is 1. The van der Waals surface area contributed by atoms with E-state index in [4.69, 9.17) is 10.8 Å². The number of nitrogens with one attached hydrogen (secondary N) is 1. The van der Waals surface area contributed by atoms with Gasteiger partial charge in [0.15, 0.2) is 0 Å². The van der Waals surface area contributed by atoms with Crippen LogP contribution < -0.4 is 11.1 Å². The van der Waals surface area contributed by atoms with Crippen molar-refractivity contribution >= 4 is 5.91 Å². The summed E-state index contributed by atoms with van der Waals surface area (Å²) in [6, 6.07) is 7.04. The molecule has 1 unspecified atom stereocenters. The number of rotatable bonds is 7. The fourth-order valence-corrected chi connectivity index (χ4v) is 2.01. The fourth-order valence-electron chi connectivity index (χ4n) is 2.01. The molecule has 0 heterocycles. The highest BCUT2D eigenvalue weighted by Gasteiger charge is 2.21. The van der Waals surface area contributed by atoms with Gasteiger partial charge in [0.05, 0.1) is 0 Å². The molecule has 1 amide bonds. The van der Waals surface area contributed by atoms with Gasteiger partial charge in [-0.05, 0) is 30.7 Å². The summed E-state index contributed by atoms with van der Waals surface area (Å²) in [6.45, 7) is 6.88. The Balaban J connectivity index is 2.52. The lowest BCUT2D eigenvalue weighted by Crippen LogP contribution is -2.39. The Morgan fingerprint density at radius 1 is 1.35 bits per heavy atom. The zero-order valence-corrected chi connectivity index (χ0v) is 12.6. The van der Waals surface area contributed by atoms with E-state index in [9.17, 15) is 4.79 Å². The molecule has 0 saturated heterocycles. The number of nitrogens with two attached hydrogens (primary N) is 1. The Kier molecular flexibility index (Phi) is 6.17. The second kappa shape index (κ2) is 7.41. The predicted molar refractivity (Wildman–Crippen MR) is 81.2 cm³/mol. The first kappa shape index (κ1) is 16.7. The third kappa shape index (κ3) is 5.31. The smallest absolute Gasteiger partial charge is 0.241 e. The van der Waals surface area contributed by atoms with Crippen LogP contribution in [0.4, 0.5) is 0 Å². The maximum Gasteiger partial charge on any atom is 0.241 e. The third-order valence-corrected chi connectivity index (χ3v) is 3.47. The van der Waals surface area contributed by atoms with Gasteiger partial charge in [-0.2, -0.15) is 0 Å². The number of amides is 1. The maximum atomic E-state index is 12.1. The topological polar surface area (TPSA) is 75.4 Å². The molecule has 0 aromatic heterocycles. The van der Waals surface area contributed by atoms with E-state index < -0.39 is 6.04 Å². The van der Waals surface area contributed by atoms with Crippen LogP contribution in [0.2, 0.25) is 0 Å². The maximum absolute atomic E-state index is 12.1. The Bertz CT molecular complexity index is 427. The Morgan fingerprint density at radius 3 is 2.50 bits per heavy atom. The summed E-state index contributed by atoms with van der Waals surface area (Å²) in [5.74, 6) is -0.161. The molecule has 0 aliphatic heterocycles. The van der Waals surface area contributed by atoms with Crippen molar-refractivity contribution < 1.29 is 9.90 Å². The summed E-state index contributed by atoms with van der Waals surface area (Å²) < 4.78 is 0. The van der Waals surface area contributed by atoms with Crippen LogP contribution in [0.1, 0.15) is 43.9 Å². The minimum absolute atomic E-state index is 0.0363. The third-order valence-electron chi connectivity index (χ3n) is 3.47. The van der Waals surface area contributed by atoms with Gasteiger partial charge in [-0.3, -0.25) is 4.79 Å². The molecule has 4 nitrogen and oxygen atoms in total. The quantitative estimate of drug-likeness (QED) is 0.713. The molecule has 1 aromatic carbocycles. The summed E-state index contributed by atoms with van der Waals surface area (Å²) in [5.41, 5.74) is 7.90. The summed E-state index contributed by atoms with van der Waals surface area (Å²) in [5, 5.41) is 11.8. The van der Waals surface area contributed by atoms with E-state index in [0.717, 1.165) is 24.0 Å². The van der Waals surface area contributed by atoms with Gasteiger partial charge < -0.3 is 16.2 Å². The molecule has 4 heteroatoms. The molecule has 4 N–H and O–H groups in total. The number of aliphatic hydroxyl groups excluding tert-OH is 1. The molecule has 112 valence electrons. The largest absolute Gasteiger partial charge is 0.396 e. The molecule has 20 heavy (non-hydrogen) atoms. The lowest BCUT2D eigenvalue weighted by atomic mass is 9.88. The Labute approximate surface area is 121 Å². The zero-order chi connectivity index (χ0) is 15.2. The van der Waals surface area contributed by atoms with Crippen molar-refractivity contribution in [3.8, 4) is 0 Å². The number of hydrogen-bond donors (Lipinski definition) is 3. The molecule has 0 bridgehead atoms. The first-order chi connectivity index (χ1) is 9.35. The van der Waals surface area contributed by atoms with Gasteiger partial charge >= 0.3 is 0 Å². The van der Waals surface area contributed by atoms with Crippen molar-refractivity contribution in [2.75, 3.05) is 13.2 Å². The van der Waals surface area contributed by atoms with Crippen LogP contribution in [0.25, 0.3) is 0 Å². The first-order valence-electron chi connectivity index (χ1n) is 7.06. The van der Waals surface area contributed by atoms with Gasteiger partial charge in [0.25, 0.3) is 0 Å². The van der Waals surface area contributed by atoms with Crippen LogP contribution in [0.3, 0.4) is 0 Å². The standard InChI is InChI=1S/C16H26N2O2/c1-12-5-7-13(8-6-12)14(17)15(20)18-11-16(2,3)9-4-10-19/h5-8,14,19H,4,9-11,17H2,1-3H3,(H,18,20).